The molecule has 1 aliphatic heterocycles. The van der Waals surface area contributed by atoms with E-state index in [0.717, 1.165) is 5.56 Å². The maximum absolute atomic E-state index is 12.3. The highest BCUT2D eigenvalue weighted by Gasteiger charge is 2.39. The number of hydrogen-bond acceptors (Lipinski definition) is 4. The molecule has 2 atom stereocenters. The second-order valence-electron chi connectivity index (χ2n) is 4.53. The Hall–Kier alpha value is -1.11. The quantitative estimate of drug-likeness (QED) is 0.926. The predicted molar refractivity (Wildman–Crippen MR) is 71.9 cm³/mol. The summed E-state index contributed by atoms with van der Waals surface area (Å²) in [5.74, 6) is -1.89. The third-order valence-corrected chi connectivity index (χ3v) is 4.96. The summed E-state index contributed by atoms with van der Waals surface area (Å²) in [6.07, 6.45) is 0. The standard InChI is InChI=1S/C12H14ClNO4S/c1-6-5-19-10(9(6)13)11(15)14(2)8-4-18-3-7(8)12(16)17/h5,7-8H,3-4H2,1-2H3,(H,16,17). The lowest BCUT2D eigenvalue weighted by Gasteiger charge is -2.26. The number of nitrogens with zero attached hydrogens (tertiary/aromatic N) is 1. The van der Waals surface area contributed by atoms with Crippen molar-refractivity contribution in [2.45, 2.75) is 13.0 Å². The fourth-order valence-electron chi connectivity index (χ4n) is 2.05. The van der Waals surface area contributed by atoms with E-state index < -0.39 is 17.9 Å². The molecule has 1 aromatic rings. The van der Waals surface area contributed by atoms with Crippen LogP contribution < -0.4 is 0 Å². The van der Waals surface area contributed by atoms with E-state index in [-0.39, 0.29) is 19.1 Å². The fourth-order valence-corrected chi connectivity index (χ4v) is 3.30. The van der Waals surface area contributed by atoms with Crippen molar-refractivity contribution in [3.05, 3.63) is 20.8 Å². The third kappa shape index (κ3) is 2.61. The summed E-state index contributed by atoms with van der Waals surface area (Å²) in [6, 6.07) is -0.455. The Morgan fingerprint density at radius 1 is 1.53 bits per heavy atom. The van der Waals surface area contributed by atoms with Crippen LogP contribution in [0.3, 0.4) is 0 Å². The van der Waals surface area contributed by atoms with Crippen LogP contribution in [0.4, 0.5) is 0 Å². The van der Waals surface area contributed by atoms with E-state index >= 15 is 0 Å². The van der Waals surface area contributed by atoms with Gasteiger partial charge < -0.3 is 14.7 Å². The Kier molecular flexibility index (Phi) is 4.13. The number of likely N-dealkylation sites (N-methyl/N-ethyl adjacent to an activating group) is 1. The van der Waals surface area contributed by atoms with Crippen LogP contribution in [0.1, 0.15) is 15.2 Å². The average Bonchev–Trinajstić information content (AvgIpc) is 2.96. The van der Waals surface area contributed by atoms with E-state index in [9.17, 15) is 9.59 Å². The molecule has 1 N–H and O–H groups in total. The normalized spacial score (nSPS) is 22.5. The Labute approximate surface area is 119 Å². The summed E-state index contributed by atoms with van der Waals surface area (Å²) in [6.45, 7) is 2.20. The molecule has 1 fully saturated rings. The van der Waals surface area contributed by atoms with Crippen LogP contribution in [0.25, 0.3) is 0 Å². The zero-order chi connectivity index (χ0) is 14.2. The first kappa shape index (κ1) is 14.3. The largest absolute Gasteiger partial charge is 0.481 e. The van der Waals surface area contributed by atoms with Crippen LogP contribution in [-0.2, 0) is 9.53 Å². The molecule has 1 saturated heterocycles. The molecule has 104 valence electrons. The molecular weight excluding hydrogens is 290 g/mol. The van der Waals surface area contributed by atoms with Crippen molar-refractivity contribution < 1.29 is 19.4 Å². The van der Waals surface area contributed by atoms with Gasteiger partial charge in [0.1, 0.15) is 10.8 Å². The summed E-state index contributed by atoms with van der Waals surface area (Å²) in [5.41, 5.74) is 0.848. The Balaban J connectivity index is 2.19. The molecule has 1 aliphatic rings. The Morgan fingerprint density at radius 2 is 2.21 bits per heavy atom. The number of rotatable bonds is 3. The van der Waals surface area contributed by atoms with Crippen molar-refractivity contribution in [3.8, 4) is 0 Å². The van der Waals surface area contributed by atoms with Gasteiger partial charge in [0.2, 0.25) is 0 Å². The molecule has 0 aliphatic carbocycles. The van der Waals surface area contributed by atoms with Crippen molar-refractivity contribution in [2.75, 3.05) is 20.3 Å². The highest BCUT2D eigenvalue weighted by molar-refractivity contribution is 7.13. The third-order valence-electron chi connectivity index (χ3n) is 3.28. The minimum Gasteiger partial charge on any atom is -0.481 e. The first-order valence-electron chi connectivity index (χ1n) is 5.74. The van der Waals surface area contributed by atoms with E-state index in [0.29, 0.717) is 9.90 Å². The van der Waals surface area contributed by atoms with Gasteiger partial charge >= 0.3 is 5.97 Å². The lowest BCUT2D eigenvalue weighted by molar-refractivity contribution is -0.142. The van der Waals surface area contributed by atoms with Crippen molar-refractivity contribution in [1.82, 2.24) is 4.90 Å². The van der Waals surface area contributed by atoms with Gasteiger partial charge in [0, 0.05) is 7.05 Å². The van der Waals surface area contributed by atoms with Crippen LogP contribution in [0, 0.1) is 12.8 Å². The highest BCUT2D eigenvalue weighted by atomic mass is 35.5. The topological polar surface area (TPSA) is 66.8 Å². The molecule has 0 aromatic carbocycles. The van der Waals surface area contributed by atoms with Crippen LogP contribution in [0.2, 0.25) is 5.02 Å². The number of carbonyl (C=O) groups excluding carboxylic acids is 1. The molecule has 7 heteroatoms. The fraction of sp³-hybridized carbons (Fsp3) is 0.500. The predicted octanol–water partition coefficient (Wildman–Crippen LogP) is 1.88. The smallest absolute Gasteiger partial charge is 0.311 e. The molecule has 0 spiro atoms. The van der Waals surface area contributed by atoms with E-state index in [1.165, 1.54) is 16.2 Å². The number of halogens is 1. The number of carboxylic acid groups (broad SMARTS) is 1. The van der Waals surface area contributed by atoms with Gasteiger partial charge in [-0.25, -0.2) is 0 Å². The van der Waals surface area contributed by atoms with Gasteiger partial charge in [-0.05, 0) is 17.9 Å². The van der Waals surface area contributed by atoms with Crippen LogP contribution in [0.15, 0.2) is 5.38 Å². The SMILES string of the molecule is Cc1csc(C(=O)N(C)C2COCC2C(=O)O)c1Cl. The van der Waals surface area contributed by atoms with Gasteiger partial charge in [-0.2, -0.15) is 0 Å². The summed E-state index contributed by atoms with van der Waals surface area (Å²) in [5, 5.41) is 11.3. The van der Waals surface area contributed by atoms with Crippen molar-refractivity contribution in [1.29, 1.82) is 0 Å². The number of thiophene rings is 1. The average molecular weight is 304 g/mol. The van der Waals surface area contributed by atoms with Crippen LogP contribution in [-0.4, -0.2) is 48.2 Å². The first-order valence-corrected chi connectivity index (χ1v) is 7.00. The van der Waals surface area contributed by atoms with E-state index in [4.69, 9.17) is 21.4 Å². The van der Waals surface area contributed by atoms with Crippen LogP contribution >= 0.6 is 22.9 Å². The summed E-state index contributed by atoms with van der Waals surface area (Å²) >= 11 is 7.34. The van der Waals surface area contributed by atoms with Gasteiger partial charge in [0.25, 0.3) is 5.91 Å². The first-order chi connectivity index (χ1) is 8.93. The summed E-state index contributed by atoms with van der Waals surface area (Å²) in [4.78, 5) is 25.3. The summed E-state index contributed by atoms with van der Waals surface area (Å²) in [7, 11) is 1.59. The zero-order valence-corrected chi connectivity index (χ0v) is 12.1. The molecule has 1 amide bonds. The number of carbonyl (C=O) groups is 2. The van der Waals surface area contributed by atoms with E-state index in [2.05, 4.69) is 0 Å². The number of ether oxygens (including phenoxy) is 1. The van der Waals surface area contributed by atoms with Gasteiger partial charge in [-0.3, -0.25) is 9.59 Å². The van der Waals surface area contributed by atoms with Crippen molar-refractivity contribution >= 4 is 34.8 Å². The van der Waals surface area contributed by atoms with Crippen molar-refractivity contribution in [2.24, 2.45) is 5.92 Å². The number of aryl methyl sites for hydroxylation is 1. The number of hydrogen-bond donors (Lipinski definition) is 1. The van der Waals surface area contributed by atoms with Crippen LogP contribution in [0.5, 0.6) is 0 Å². The van der Waals surface area contributed by atoms with Gasteiger partial charge in [-0.1, -0.05) is 11.6 Å². The minimum absolute atomic E-state index is 0.134. The molecule has 5 nitrogen and oxygen atoms in total. The molecule has 1 aromatic heterocycles. The molecular formula is C12H14ClNO4S. The number of carboxylic acids is 1. The Morgan fingerprint density at radius 3 is 2.74 bits per heavy atom. The maximum Gasteiger partial charge on any atom is 0.311 e. The monoisotopic (exact) mass is 303 g/mol. The van der Waals surface area contributed by atoms with Gasteiger partial charge in [-0.15, -0.1) is 11.3 Å². The lowest BCUT2D eigenvalue weighted by Crippen LogP contribution is -2.44. The highest BCUT2D eigenvalue weighted by Crippen LogP contribution is 2.30. The summed E-state index contributed by atoms with van der Waals surface area (Å²) < 4.78 is 5.17. The second kappa shape index (κ2) is 5.48. The molecule has 0 bridgehead atoms. The Bertz CT molecular complexity index is 516. The molecule has 0 radical (unpaired) electrons. The van der Waals surface area contributed by atoms with E-state index in [1.54, 1.807) is 7.05 Å². The van der Waals surface area contributed by atoms with Crippen molar-refractivity contribution in [3.63, 3.8) is 0 Å². The van der Waals surface area contributed by atoms with Gasteiger partial charge in [0.15, 0.2) is 0 Å². The molecule has 2 heterocycles. The molecule has 2 rings (SSSR count). The maximum atomic E-state index is 12.3. The minimum atomic E-state index is -0.949. The molecule has 19 heavy (non-hydrogen) atoms. The zero-order valence-electron chi connectivity index (χ0n) is 10.6. The molecule has 0 saturated carbocycles. The van der Waals surface area contributed by atoms with E-state index in [1.807, 2.05) is 12.3 Å². The molecule has 2 unspecified atom stereocenters. The number of aliphatic carboxylic acids is 1. The number of amides is 1. The lowest BCUT2D eigenvalue weighted by atomic mass is 10.0. The van der Waals surface area contributed by atoms with Gasteiger partial charge in [0.05, 0.1) is 24.3 Å². The second-order valence-corrected chi connectivity index (χ2v) is 5.79.